The summed E-state index contributed by atoms with van der Waals surface area (Å²) in [5.41, 5.74) is 1.35. The van der Waals surface area contributed by atoms with Crippen LogP contribution in [0.3, 0.4) is 0 Å². The van der Waals surface area contributed by atoms with Gasteiger partial charge in [0.2, 0.25) is 0 Å². The van der Waals surface area contributed by atoms with Gasteiger partial charge < -0.3 is 10.2 Å². The van der Waals surface area contributed by atoms with E-state index in [0.717, 1.165) is 5.56 Å². The molecule has 0 aliphatic rings. The SMILES string of the molecule is Cc1c(O)cc(CC(C)C(=O)O)cc1Cl. The minimum absolute atomic E-state index is 0.107. The molecule has 0 saturated carbocycles. The summed E-state index contributed by atoms with van der Waals surface area (Å²) in [5.74, 6) is -1.23. The van der Waals surface area contributed by atoms with Gasteiger partial charge in [-0.25, -0.2) is 0 Å². The molecule has 0 heterocycles. The number of carbonyl (C=O) groups is 1. The van der Waals surface area contributed by atoms with Gasteiger partial charge in [0.1, 0.15) is 5.75 Å². The van der Waals surface area contributed by atoms with Crippen LogP contribution in [-0.4, -0.2) is 16.2 Å². The second kappa shape index (κ2) is 4.53. The largest absolute Gasteiger partial charge is 0.508 e. The van der Waals surface area contributed by atoms with Crippen molar-refractivity contribution in [1.82, 2.24) is 0 Å². The van der Waals surface area contributed by atoms with Gasteiger partial charge in [0.05, 0.1) is 5.92 Å². The van der Waals surface area contributed by atoms with Crippen LogP contribution in [0, 0.1) is 12.8 Å². The fourth-order valence-electron chi connectivity index (χ4n) is 1.28. The Hall–Kier alpha value is -1.22. The van der Waals surface area contributed by atoms with Crippen molar-refractivity contribution in [3.8, 4) is 5.75 Å². The number of rotatable bonds is 3. The molecule has 1 atom stereocenters. The Kier molecular flexibility index (Phi) is 3.58. The number of phenols is 1. The van der Waals surface area contributed by atoms with Crippen LogP contribution in [-0.2, 0) is 11.2 Å². The Morgan fingerprint density at radius 2 is 2.13 bits per heavy atom. The fraction of sp³-hybridized carbons (Fsp3) is 0.364. The number of phenolic OH excluding ortho intramolecular Hbond substituents is 1. The summed E-state index contributed by atoms with van der Waals surface area (Å²) in [6.45, 7) is 3.33. The maximum absolute atomic E-state index is 10.6. The van der Waals surface area contributed by atoms with Gasteiger partial charge in [-0.2, -0.15) is 0 Å². The fourth-order valence-corrected chi connectivity index (χ4v) is 1.51. The first kappa shape index (κ1) is 11.9. The van der Waals surface area contributed by atoms with E-state index in [2.05, 4.69) is 0 Å². The number of carboxylic acid groups (broad SMARTS) is 1. The van der Waals surface area contributed by atoms with E-state index in [9.17, 15) is 9.90 Å². The highest BCUT2D eigenvalue weighted by Crippen LogP contribution is 2.27. The van der Waals surface area contributed by atoms with Gasteiger partial charge in [0.15, 0.2) is 0 Å². The smallest absolute Gasteiger partial charge is 0.306 e. The summed E-state index contributed by atoms with van der Waals surface area (Å²) in [6, 6.07) is 3.25. The minimum Gasteiger partial charge on any atom is -0.508 e. The van der Waals surface area contributed by atoms with Gasteiger partial charge in [-0.1, -0.05) is 18.5 Å². The van der Waals surface area contributed by atoms with E-state index in [4.69, 9.17) is 16.7 Å². The molecule has 0 aromatic heterocycles. The Morgan fingerprint density at radius 3 is 2.60 bits per heavy atom. The quantitative estimate of drug-likeness (QED) is 0.836. The molecule has 3 nitrogen and oxygen atoms in total. The molecule has 1 aromatic rings. The highest BCUT2D eigenvalue weighted by atomic mass is 35.5. The van der Waals surface area contributed by atoms with Gasteiger partial charge >= 0.3 is 5.97 Å². The average Bonchev–Trinajstić information content (AvgIpc) is 2.13. The van der Waals surface area contributed by atoms with Crippen LogP contribution >= 0.6 is 11.6 Å². The molecular formula is C11H13ClO3. The lowest BCUT2D eigenvalue weighted by atomic mass is 10.00. The van der Waals surface area contributed by atoms with E-state index in [0.29, 0.717) is 17.0 Å². The maximum Gasteiger partial charge on any atom is 0.306 e. The molecule has 2 N–H and O–H groups in total. The first-order valence-electron chi connectivity index (χ1n) is 4.62. The van der Waals surface area contributed by atoms with Crippen molar-refractivity contribution >= 4 is 17.6 Å². The van der Waals surface area contributed by atoms with E-state index < -0.39 is 11.9 Å². The van der Waals surface area contributed by atoms with Crippen LogP contribution in [0.2, 0.25) is 5.02 Å². The molecule has 0 amide bonds. The van der Waals surface area contributed by atoms with E-state index >= 15 is 0 Å². The molecule has 1 aromatic carbocycles. The van der Waals surface area contributed by atoms with Crippen LogP contribution in [0.1, 0.15) is 18.1 Å². The number of carboxylic acids is 1. The Bertz CT molecular complexity index is 364. The zero-order valence-electron chi connectivity index (χ0n) is 8.62. The van der Waals surface area contributed by atoms with Crippen molar-refractivity contribution in [3.63, 3.8) is 0 Å². The summed E-state index contributed by atoms with van der Waals surface area (Å²) < 4.78 is 0. The molecule has 15 heavy (non-hydrogen) atoms. The third-order valence-corrected chi connectivity index (χ3v) is 2.73. The lowest BCUT2D eigenvalue weighted by Gasteiger charge is -2.09. The first-order valence-corrected chi connectivity index (χ1v) is 5.00. The minimum atomic E-state index is -0.855. The molecule has 0 fully saturated rings. The van der Waals surface area contributed by atoms with Gasteiger partial charge in [0, 0.05) is 10.6 Å². The topological polar surface area (TPSA) is 57.5 Å². The molecule has 0 aliphatic heterocycles. The molecule has 0 bridgehead atoms. The summed E-state index contributed by atoms with van der Waals surface area (Å²) in [6.07, 6.45) is 0.364. The molecule has 0 spiro atoms. The number of aliphatic carboxylic acids is 1. The summed E-state index contributed by atoms with van der Waals surface area (Å²) in [4.78, 5) is 10.6. The number of halogens is 1. The normalized spacial score (nSPS) is 12.5. The highest BCUT2D eigenvalue weighted by Gasteiger charge is 2.13. The lowest BCUT2D eigenvalue weighted by Crippen LogP contribution is -2.12. The van der Waals surface area contributed by atoms with E-state index in [1.54, 1.807) is 26.0 Å². The summed E-state index contributed by atoms with van der Waals surface area (Å²) in [7, 11) is 0. The van der Waals surface area contributed by atoms with Crippen molar-refractivity contribution in [2.75, 3.05) is 0 Å². The highest BCUT2D eigenvalue weighted by molar-refractivity contribution is 6.31. The van der Waals surface area contributed by atoms with E-state index in [1.807, 2.05) is 0 Å². The van der Waals surface area contributed by atoms with Crippen LogP contribution in [0.25, 0.3) is 0 Å². The predicted octanol–water partition coefficient (Wildman–Crippen LogP) is 2.62. The Balaban J connectivity index is 2.92. The third-order valence-electron chi connectivity index (χ3n) is 2.34. The van der Waals surface area contributed by atoms with Crippen molar-refractivity contribution in [1.29, 1.82) is 0 Å². The van der Waals surface area contributed by atoms with Crippen molar-refractivity contribution in [2.45, 2.75) is 20.3 Å². The second-order valence-corrected chi connectivity index (χ2v) is 4.07. The molecule has 0 radical (unpaired) electrons. The molecule has 0 saturated heterocycles. The summed E-state index contributed by atoms with van der Waals surface area (Å²) in [5, 5.41) is 18.7. The van der Waals surface area contributed by atoms with Gasteiger partial charge in [-0.3, -0.25) is 4.79 Å². The maximum atomic E-state index is 10.6. The summed E-state index contributed by atoms with van der Waals surface area (Å²) >= 11 is 5.87. The number of aromatic hydroxyl groups is 1. The standard InChI is InChI=1S/C11H13ClO3/c1-6(11(14)15)3-8-4-9(12)7(2)10(13)5-8/h4-6,13H,3H2,1-2H3,(H,14,15). The molecule has 0 aliphatic carbocycles. The van der Waals surface area contributed by atoms with E-state index in [-0.39, 0.29) is 5.75 Å². The van der Waals surface area contributed by atoms with Crippen LogP contribution in [0.15, 0.2) is 12.1 Å². The van der Waals surface area contributed by atoms with Crippen molar-refractivity contribution in [2.24, 2.45) is 5.92 Å². The van der Waals surface area contributed by atoms with E-state index in [1.165, 1.54) is 0 Å². The number of hydrogen-bond donors (Lipinski definition) is 2. The second-order valence-electron chi connectivity index (χ2n) is 3.67. The number of benzene rings is 1. The Labute approximate surface area is 93.3 Å². The molecule has 1 rings (SSSR count). The van der Waals surface area contributed by atoms with Crippen LogP contribution < -0.4 is 0 Å². The van der Waals surface area contributed by atoms with Crippen LogP contribution in [0.5, 0.6) is 5.75 Å². The van der Waals surface area contributed by atoms with Crippen LogP contribution in [0.4, 0.5) is 0 Å². The zero-order valence-corrected chi connectivity index (χ0v) is 9.38. The Morgan fingerprint density at radius 1 is 1.53 bits per heavy atom. The van der Waals surface area contributed by atoms with Crippen molar-refractivity contribution in [3.05, 3.63) is 28.3 Å². The average molecular weight is 229 g/mol. The van der Waals surface area contributed by atoms with Gasteiger partial charge in [-0.15, -0.1) is 0 Å². The molecule has 1 unspecified atom stereocenters. The lowest BCUT2D eigenvalue weighted by molar-refractivity contribution is -0.141. The van der Waals surface area contributed by atoms with Crippen molar-refractivity contribution < 1.29 is 15.0 Å². The predicted molar refractivity (Wildman–Crippen MR) is 58.4 cm³/mol. The zero-order chi connectivity index (χ0) is 11.6. The monoisotopic (exact) mass is 228 g/mol. The van der Waals surface area contributed by atoms with Gasteiger partial charge in [0.25, 0.3) is 0 Å². The molecular weight excluding hydrogens is 216 g/mol. The molecule has 4 heteroatoms. The first-order chi connectivity index (χ1) is 6.91. The molecule has 82 valence electrons. The third kappa shape index (κ3) is 2.86. The number of hydrogen-bond acceptors (Lipinski definition) is 2. The van der Waals surface area contributed by atoms with Gasteiger partial charge in [-0.05, 0) is 31.0 Å².